The molecule has 0 amide bonds. The van der Waals surface area contributed by atoms with Crippen LogP contribution < -0.4 is 10.1 Å². The highest BCUT2D eigenvalue weighted by atomic mass is 16.5. The van der Waals surface area contributed by atoms with Gasteiger partial charge in [0.05, 0.1) is 25.2 Å². The van der Waals surface area contributed by atoms with Gasteiger partial charge < -0.3 is 19.5 Å². The summed E-state index contributed by atoms with van der Waals surface area (Å²) in [7, 11) is 1.30. The van der Waals surface area contributed by atoms with Gasteiger partial charge in [0.25, 0.3) is 0 Å². The van der Waals surface area contributed by atoms with Crippen LogP contribution in [0.4, 0.5) is 0 Å². The molecule has 1 fully saturated rings. The molecule has 0 aromatic heterocycles. The van der Waals surface area contributed by atoms with Crippen LogP contribution in [0.2, 0.25) is 0 Å². The molecule has 1 aliphatic heterocycles. The second kappa shape index (κ2) is 11.3. The molecular weight excluding hydrogens is 458 g/mol. The van der Waals surface area contributed by atoms with Gasteiger partial charge in [-0.05, 0) is 57.9 Å². The van der Waals surface area contributed by atoms with Crippen molar-refractivity contribution in [2.75, 3.05) is 13.7 Å². The first-order valence-corrected chi connectivity index (χ1v) is 13.1. The van der Waals surface area contributed by atoms with Crippen molar-refractivity contribution in [1.29, 1.82) is 0 Å². The van der Waals surface area contributed by atoms with E-state index in [0.29, 0.717) is 41.2 Å². The number of Topliss-reactive ketones (excluding diaryl/α,β-unsaturated/α-hetero) is 1. The average Bonchev–Trinajstić information content (AvgIpc) is 3.12. The van der Waals surface area contributed by atoms with Gasteiger partial charge in [-0.15, -0.1) is 0 Å². The lowest BCUT2D eigenvalue weighted by atomic mass is 9.69. The number of carbonyl (C=O) groups excluding carboxylic acids is 3. The van der Waals surface area contributed by atoms with Crippen LogP contribution >= 0.6 is 0 Å². The van der Waals surface area contributed by atoms with E-state index < -0.39 is 23.8 Å². The standard InChI is InChI=1S/C29H37NO6/c1-5-35-22-15-11-10-14-20(22)25-24(29(33)36-19-12-8-6-7-9-13-19)18(3)30-21-16-17(2)23(28(32)34-4)27(31)26(21)25/h10-11,14-15,17,19,23,25,30H,5-9,12-13,16H2,1-4H3/t17-,23-,25-/m0/s1. The zero-order valence-electron chi connectivity index (χ0n) is 21.7. The van der Waals surface area contributed by atoms with Crippen molar-refractivity contribution >= 4 is 17.7 Å². The van der Waals surface area contributed by atoms with Crippen molar-refractivity contribution in [3.05, 3.63) is 52.4 Å². The Kier molecular flexibility index (Phi) is 8.17. The Morgan fingerprint density at radius 2 is 1.78 bits per heavy atom. The summed E-state index contributed by atoms with van der Waals surface area (Å²) in [6.07, 6.45) is 6.44. The van der Waals surface area contributed by atoms with Crippen molar-refractivity contribution in [1.82, 2.24) is 5.32 Å². The fraction of sp³-hybridized carbons (Fsp3) is 0.552. The number of allylic oxidation sites excluding steroid dienone is 3. The van der Waals surface area contributed by atoms with Crippen molar-refractivity contribution in [2.45, 2.75) is 77.7 Å². The summed E-state index contributed by atoms with van der Waals surface area (Å²) in [5.41, 5.74) is 2.95. The molecule has 1 aromatic carbocycles. The van der Waals surface area contributed by atoms with Crippen molar-refractivity contribution in [3.8, 4) is 5.75 Å². The second-order valence-electron chi connectivity index (χ2n) is 10.0. The minimum atomic E-state index is -0.921. The van der Waals surface area contributed by atoms with Crippen LogP contribution in [0.3, 0.4) is 0 Å². The van der Waals surface area contributed by atoms with Gasteiger partial charge in [0.1, 0.15) is 17.8 Å². The van der Waals surface area contributed by atoms with Crippen LogP contribution in [0.5, 0.6) is 5.75 Å². The van der Waals surface area contributed by atoms with Crippen molar-refractivity contribution in [2.24, 2.45) is 11.8 Å². The Bertz CT molecular complexity index is 1080. The lowest BCUT2D eigenvalue weighted by Gasteiger charge is -2.38. The highest BCUT2D eigenvalue weighted by Crippen LogP contribution is 2.47. The van der Waals surface area contributed by atoms with E-state index in [1.54, 1.807) is 0 Å². The lowest BCUT2D eigenvalue weighted by Crippen LogP contribution is -2.43. The number of dihydropyridines is 1. The number of hydrogen-bond acceptors (Lipinski definition) is 7. The molecule has 1 heterocycles. The van der Waals surface area contributed by atoms with Crippen LogP contribution in [0.25, 0.3) is 0 Å². The molecule has 0 unspecified atom stereocenters. The average molecular weight is 496 g/mol. The molecule has 0 radical (unpaired) electrons. The number of para-hydroxylation sites is 1. The summed E-state index contributed by atoms with van der Waals surface area (Å²) in [6, 6.07) is 7.47. The molecule has 0 saturated heterocycles. The molecule has 3 aliphatic rings. The van der Waals surface area contributed by atoms with E-state index in [1.807, 2.05) is 45.0 Å². The summed E-state index contributed by atoms with van der Waals surface area (Å²) in [5, 5.41) is 3.33. The lowest BCUT2D eigenvalue weighted by molar-refractivity contribution is -0.151. The predicted molar refractivity (Wildman–Crippen MR) is 135 cm³/mol. The quantitative estimate of drug-likeness (QED) is 0.339. The van der Waals surface area contributed by atoms with Gasteiger partial charge in [-0.25, -0.2) is 4.79 Å². The van der Waals surface area contributed by atoms with Crippen LogP contribution in [-0.4, -0.2) is 37.5 Å². The van der Waals surface area contributed by atoms with Gasteiger partial charge in [-0.1, -0.05) is 38.0 Å². The second-order valence-corrected chi connectivity index (χ2v) is 10.0. The number of ether oxygens (including phenoxy) is 3. The van der Waals surface area contributed by atoms with Gasteiger partial charge in [-0.2, -0.15) is 0 Å². The molecule has 7 heteroatoms. The summed E-state index contributed by atoms with van der Waals surface area (Å²) < 4.78 is 17.0. The number of hydrogen-bond donors (Lipinski definition) is 1. The van der Waals surface area contributed by atoms with Gasteiger partial charge in [0, 0.05) is 22.5 Å². The van der Waals surface area contributed by atoms with E-state index in [2.05, 4.69) is 5.32 Å². The largest absolute Gasteiger partial charge is 0.494 e. The van der Waals surface area contributed by atoms with Gasteiger partial charge in [-0.3, -0.25) is 9.59 Å². The third-order valence-corrected chi connectivity index (χ3v) is 7.57. The summed E-state index contributed by atoms with van der Waals surface area (Å²) in [5.74, 6) is -2.53. The van der Waals surface area contributed by atoms with E-state index in [9.17, 15) is 14.4 Å². The maximum absolute atomic E-state index is 13.9. The Labute approximate surface area is 213 Å². The Morgan fingerprint density at radius 3 is 2.44 bits per heavy atom. The molecule has 1 N–H and O–H groups in total. The number of rotatable bonds is 6. The third kappa shape index (κ3) is 5.06. The van der Waals surface area contributed by atoms with Crippen molar-refractivity contribution in [3.63, 3.8) is 0 Å². The number of carbonyl (C=O) groups is 3. The Hall–Kier alpha value is -3.09. The van der Waals surface area contributed by atoms with Crippen molar-refractivity contribution < 1.29 is 28.6 Å². The minimum Gasteiger partial charge on any atom is -0.494 e. The highest BCUT2D eigenvalue weighted by molar-refractivity contribution is 6.12. The number of benzene rings is 1. The van der Waals surface area contributed by atoms with E-state index in [0.717, 1.165) is 44.2 Å². The number of esters is 2. The Morgan fingerprint density at radius 1 is 1.08 bits per heavy atom. The van der Waals surface area contributed by atoms with E-state index in [4.69, 9.17) is 14.2 Å². The normalized spacial score (nSPS) is 25.0. The van der Waals surface area contributed by atoms with Crippen LogP contribution in [0.15, 0.2) is 46.8 Å². The summed E-state index contributed by atoms with van der Waals surface area (Å²) in [6.45, 7) is 6.06. The molecule has 1 aromatic rings. The number of ketones is 1. The predicted octanol–water partition coefficient (Wildman–Crippen LogP) is 4.96. The molecule has 1 saturated carbocycles. The smallest absolute Gasteiger partial charge is 0.337 e. The van der Waals surface area contributed by atoms with Crippen LogP contribution in [0, 0.1) is 11.8 Å². The van der Waals surface area contributed by atoms with E-state index in [1.165, 1.54) is 7.11 Å². The maximum atomic E-state index is 13.9. The molecule has 194 valence electrons. The molecule has 3 atom stereocenters. The zero-order valence-corrected chi connectivity index (χ0v) is 21.7. The molecular formula is C29H37NO6. The zero-order chi connectivity index (χ0) is 25.8. The molecule has 0 bridgehead atoms. The fourth-order valence-corrected chi connectivity index (χ4v) is 5.84. The maximum Gasteiger partial charge on any atom is 0.337 e. The van der Waals surface area contributed by atoms with Gasteiger partial charge >= 0.3 is 11.9 Å². The first-order chi connectivity index (χ1) is 17.4. The first-order valence-electron chi connectivity index (χ1n) is 13.1. The molecule has 4 rings (SSSR count). The molecule has 2 aliphatic carbocycles. The molecule has 36 heavy (non-hydrogen) atoms. The van der Waals surface area contributed by atoms with Gasteiger partial charge in [0.15, 0.2) is 5.78 Å². The highest BCUT2D eigenvalue weighted by Gasteiger charge is 2.48. The number of methoxy groups -OCH3 is 1. The first kappa shape index (κ1) is 26.0. The van der Waals surface area contributed by atoms with Gasteiger partial charge in [0.2, 0.25) is 0 Å². The van der Waals surface area contributed by atoms with E-state index in [-0.39, 0.29) is 17.8 Å². The fourth-order valence-electron chi connectivity index (χ4n) is 5.84. The van der Waals surface area contributed by atoms with Crippen LogP contribution in [-0.2, 0) is 23.9 Å². The SMILES string of the molecule is CCOc1ccccc1[C@H]1C(C(=O)OC2CCCCCC2)=C(C)NC2=C1C(=O)[C@@H](C(=O)OC)[C@@H](C)C2. The minimum absolute atomic E-state index is 0.136. The van der Waals surface area contributed by atoms with E-state index >= 15 is 0 Å². The topological polar surface area (TPSA) is 90.9 Å². The summed E-state index contributed by atoms with van der Waals surface area (Å²) >= 11 is 0. The summed E-state index contributed by atoms with van der Waals surface area (Å²) in [4.78, 5) is 40.3. The number of nitrogens with one attached hydrogen (secondary N) is 1. The molecule has 0 spiro atoms. The van der Waals surface area contributed by atoms with Crippen LogP contribution in [0.1, 0.15) is 77.2 Å². The Balaban J connectivity index is 1.81. The monoisotopic (exact) mass is 495 g/mol. The molecule has 7 nitrogen and oxygen atoms in total. The third-order valence-electron chi connectivity index (χ3n) is 7.57.